The average molecular weight is 464 g/mol. The molecule has 2 amide bonds. The lowest BCUT2D eigenvalue weighted by atomic mass is 10.1. The van der Waals surface area contributed by atoms with Crippen LogP contribution in [0.3, 0.4) is 0 Å². The van der Waals surface area contributed by atoms with Crippen LogP contribution in [0.15, 0.2) is 66.7 Å². The number of aryl methyl sites for hydroxylation is 1. The number of hydrogen-bond acceptors (Lipinski definition) is 4. The summed E-state index contributed by atoms with van der Waals surface area (Å²) in [5, 5.41) is 3.35. The molecule has 1 heterocycles. The molecule has 1 aliphatic heterocycles. The van der Waals surface area contributed by atoms with Crippen LogP contribution in [0.4, 0.5) is 11.4 Å². The molecule has 1 saturated heterocycles. The normalized spacial score (nSPS) is 13.5. The van der Waals surface area contributed by atoms with Crippen LogP contribution in [0.1, 0.15) is 26.3 Å². The van der Waals surface area contributed by atoms with Crippen molar-refractivity contribution < 1.29 is 14.3 Å². The number of amides is 2. The molecule has 1 N–H and O–H groups in total. The van der Waals surface area contributed by atoms with E-state index in [-0.39, 0.29) is 11.8 Å². The van der Waals surface area contributed by atoms with Gasteiger partial charge in [0.25, 0.3) is 11.8 Å². The van der Waals surface area contributed by atoms with E-state index >= 15 is 0 Å². The van der Waals surface area contributed by atoms with Crippen LogP contribution < -0.4 is 15.0 Å². The largest absolute Gasteiger partial charge is 0.496 e. The zero-order valence-electron chi connectivity index (χ0n) is 18.7. The Hall–Kier alpha value is -3.51. The highest BCUT2D eigenvalue weighted by atomic mass is 35.5. The summed E-state index contributed by atoms with van der Waals surface area (Å²) in [5.41, 5.74) is 3.98. The SMILES string of the molecule is COc1ccc(Cl)cc1C(=O)Nc1ccc(N2CCN(C(=O)c3ccc(C)cc3)CC2)cc1. The van der Waals surface area contributed by atoms with E-state index in [0.29, 0.717) is 35.1 Å². The number of halogens is 1. The van der Waals surface area contributed by atoms with E-state index in [1.807, 2.05) is 60.4 Å². The molecule has 3 aromatic carbocycles. The number of piperazine rings is 1. The fraction of sp³-hybridized carbons (Fsp3) is 0.231. The molecule has 0 radical (unpaired) electrons. The Morgan fingerprint density at radius 2 is 1.58 bits per heavy atom. The van der Waals surface area contributed by atoms with Gasteiger partial charge in [-0.3, -0.25) is 9.59 Å². The molecule has 170 valence electrons. The van der Waals surface area contributed by atoms with Crippen LogP contribution in [0, 0.1) is 6.92 Å². The van der Waals surface area contributed by atoms with Gasteiger partial charge in [0.2, 0.25) is 0 Å². The predicted molar refractivity (Wildman–Crippen MR) is 132 cm³/mol. The van der Waals surface area contributed by atoms with E-state index in [1.54, 1.807) is 18.2 Å². The van der Waals surface area contributed by atoms with Crippen molar-refractivity contribution in [2.75, 3.05) is 43.5 Å². The highest BCUT2D eigenvalue weighted by molar-refractivity contribution is 6.31. The molecule has 3 aromatic rings. The Morgan fingerprint density at radius 3 is 2.21 bits per heavy atom. The Labute approximate surface area is 198 Å². The van der Waals surface area contributed by atoms with E-state index in [2.05, 4.69) is 10.2 Å². The fourth-order valence-corrected chi connectivity index (χ4v) is 4.03. The van der Waals surface area contributed by atoms with Gasteiger partial charge in [-0.15, -0.1) is 0 Å². The molecule has 0 aromatic heterocycles. The van der Waals surface area contributed by atoms with Crippen LogP contribution in [0.25, 0.3) is 0 Å². The summed E-state index contributed by atoms with van der Waals surface area (Å²) in [4.78, 5) is 29.5. The summed E-state index contributed by atoms with van der Waals surface area (Å²) in [7, 11) is 1.52. The first kappa shape index (κ1) is 22.7. The van der Waals surface area contributed by atoms with Crippen molar-refractivity contribution in [3.8, 4) is 5.75 Å². The van der Waals surface area contributed by atoms with Gasteiger partial charge < -0.3 is 19.9 Å². The van der Waals surface area contributed by atoms with Crippen molar-refractivity contribution in [1.82, 2.24) is 4.90 Å². The molecular weight excluding hydrogens is 438 g/mol. The second-order valence-electron chi connectivity index (χ2n) is 7.99. The van der Waals surface area contributed by atoms with Crippen molar-refractivity contribution in [2.24, 2.45) is 0 Å². The summed E-state index contributed by atoms with van der Waals surface area (Å²) >= 11 is 6.03. The first-order chi connectivity index (χ1) is 15.9. The average Bonchev–Trinajstić information content (AvgIpc) is 2.84. The van der Waals surface area contributed by atoms with Crippen molar-refractivity contribution in [3.63, 3.8) is 0 Å². The molecule has 1 fully saturated rings. The molecule has 0 atom stereocenters. The topological polar surface area (TPSA) is 61.9 Å². The number of nitrogens with one attached hydrogen (secondary N) is 1. The highest BCUT2D eigenvalue weighted by Gasteiger charge is 2.22. The van der Waals surface area contributed by atoms with Crippen LogP contribution in [-0.2, 0) is 0 Å². The number of anilines is 2. The maximum atomic E-state index is 12.7. The molecule has 1 aliphatic rings. The lowest BCUT2D eigenvalue weighted by molar-refractivity contribution is 0.0746. The zero-order chi connectivity index (χ0) is 23.4. The van der Waals surface area contributed by atoms with Crippen LogP contribution in [0.2, 0.25) is 5.02 Å². The van der Waals surface area contributed by atoms with Gasteiger partial charge in [-0.2, -0.15) is 0 Å². The van der Waals surface area contributed by atoms with Gasteiger partial charge in [0.05, 0.1) is 12.7 Å². The maximum absolute atomic E-state index is 12.7. The van der Waals surface area contributed by atoms with E-state index in [0.717, 1.165) is 29.9 Å². The van der Waals surface area contributed by atoms with Crippen LogP contribution >= 0.6 is 11.6 Å². The monoisotopic (exact) mass is 463 g/mol. The minimum Gasteiger partial charge on any atom is -0.496 e. The second-order valence-corrected chi connectivity index (χ2v) is 8.43. The van der Waals surface area contributed by atoms with Gasteiger partial charge in [-0.25, -0.2) is 0 Å². The number of rotatable bonds is 5. The van der Waals surface area contributed by atoms with E-state index in [9.17, 15) is 9.59 Å². The molecule has 6 nitrogen and oxygen atoms in total. The molecule has 0 saturated carbocycles. The summed E-state index contributed by atoms with van der Waals surface area (Å²) < 4.78 is 5.26. The Morgan fingerprint density at radius 1 is 0.909 bits per heavy atom. The molecule has 0 unspecified atom stereocenters. The van der Waals surface area contributed by atoms with Gasteiger partial charge in [0.15, 0.2) is 0 Å². The number of hydrogen-bond donors (Lipinski definition) is 1. The predicted octanol–water partition coefficient (Wildman–Crippen LogP) is 4.87. The van der Waals surface area contributed by atoms with Gasteiger partial charge in [-0.05, 0) is 61.5 Å². The minimum absolute atomic E-state index is 0.0733. The summed E-state index contributed by atoms with van der Waals surface area (Å²) in [6, 6.07) is 20.3. The Balaban J connectivity index is 1.35. The highest BCUT2D eigenvalue weighted by Crippen LogP contribution is 2.25. The van der Waals surface area contributed by atoms with Crippen molar-refractivity contribution >= 4 is 34.8 Å². The molecule has 0 spiro atoms. The van der Waals surface area contributed by atoms with E-state index in [4.69, 9.17) is 16.3 Å². The summed E-state index contributed by atoms with van der Waals surface area (Å²) in [5.74, 6) is 0.251. The lowest BCUT2D eigenvalue weighted by Crippen LogP contribution is -2.48. The lowest BCUT2D eigenvalue weighted by Gasteiger charge is -2.36. The standard InChI is InChI=1S/C26H26ClN3O3/c1-18-3-5-19(6-4-18)26(32)30-15-13-29(14-16-30)22-10-8-21(9-11-22)28-25(31)23-17-20(27)7-12-24(23)33-2/h3-12,17H,13-16H2,1-2H3,(H,28,31). The van der Waals surface area contributed by atoms with Crippen LogP contribution in [0.5, 0.6) is 5.75 Å². The number of nitrogens with zero attached hydrogens (tertiary/aromatic N) is 2. The number of carbonyl (C=O) groups is 2. The number of ether oxygens (including phenoxy) is 1. The molecular formula is C26H26ClN3O3. The number of carbonyl (C=O) groups excluding carboxylic acids is 2. The minimum atomic E-state index is -0.287. The first-order valence-electron chi connectivity index (χ1n) is 10.8. The summed E-state index contributed by atoms with van der Waals surface area (Å²) in [6.07, 6.45) is 0. The third-order valence-corrected chi connectivity index (χ3v) is 6.00. The molecule has 0 aliphatic carbocycles. The van der Waals surface area contributed by atoms with Crippen molar-refractivity contribution in [2.45, 2.75) is 6.92 Å². The van der Waals surface area contributed by atoms with Gasteiger partial charge in [0.1, 0.15) is 5.75 Å². The Bertz CT molecular complexity index is 1140. The second kappa shape index (κ2) is 9.96. The van der Waals surface area contributed by atoms with Crippen LogP contribution in [-0.4, -0.2) is 50.0 Å². The Kier molecular flexibility index (Phi) is 6.84. The molecule has 7 heteroatoms. The van der Waals surface area contributed by atoms with Gasteiger partial charge >= 0.3 is 0 Å². The van der Waals surface area contributed by atoms with Gasteiger partial charge in [0, 0.05) is 48.1 Å². The van der Waals surface area contributed by atoms with E-state index in [1.165, 1.54) is 7.11 Å². The van der Waals surface area contributed by atoms with Crippen molar-refractivity contribution in [3.05, 3.63) is 88.4 Å². The fourth-order valence-electron chi connectivity index (χ4n) is 3.86. The van der Waals surface area contributed by atoms with E-state index < -0.39 is 0 Å². The molecule has 33 heavy (non-hydrogen) atoms. The quantitative estimate of drug-likeness (QED) is 0.586. The third kappa shape index (κ3) is 5.29. The smallest absolute Gasteiger partial charge is 0.259 e. The first-order valence-corrected chi connectivity index (χ1v) is 11.2. The number of methoxy groups -OCH3 is 1. The maximum Gasteiger partial charge on any atom is 0.259 e. The van der Waals surface area contributed by atoms with Gasteiger partial charge in [-0.1, -0.05) is 29.3 Å². The third-order valence-electron chi connectivity index (χ3n) is 5.76. The molecule has 0 bridgehead atoms. The number of benzene rings is 3. The van der Waals surface area contributed by atoms with Crippen molar-refractivity contribution in [1.29, 1.82) is 0 Å². The zero-order valence-corrected chi connectivity index (χ0v) is 19.4. The summed E-state index contributed by atoms with van der Waals surface area (Å²) in [6.45, 7) is 4.85. The molecule has 4 rings (SSSR count).